The van der Waals surface area contributed by atoms with Crippen molar-refractivity contribution in [1.82, 2.24) is 10.2 Å². The second-order valence-corrected chi connectivity index (χ2v) is 9.56. The van der Waals surface area contributed by atoms with Crippen molar-refractivity contribution in [3.05, 3.63) is 47.9 Å². The van der Waals surface area contributed by atoms with Crippen molar-refractivity contribution in [2.45, 2.75) is 60.2 Å². The van der Waals surface area contributed by atoms with Crippen LogP contribution < -0.4 is 15.5 Å². The van der Waals surface area contributed by atoms with Crippen LogP contribution in [0.2, 0.25) is 0 Å². The van der Waals surface area contributed by atoms with Gasteiger partial charge in [0, 0.05) is 37.9 Å². The molecular weight excluding hydrogens is 392 g/mol. The molecule has 0 atom stereocenters. The highest BCUT2D eigenvalue weighted by atomic mass is 16.3. The summed E-state index contributed by atoms with van der Waals surface area (Å²) in [4.78, 5) is 29.0. The monoisotopic (exact) mass is 428 g/mol. The third-order valence-electron chi connectivity index (χ3n) is 4.52. The number of anilines is 2. The number of rotatable bonds is 8. The van der Waals surface area contributed by atoms with Gasteiger partial charge in [0.05, 0.1) is 19.4 Å². The van der Waals surface area contributed by atoms with Crippen molar-refractivity contribution in [1.29, 1.82) is 0 Å². The lowest BCUT2D eigenvalue weighted by Crippen LogP contribution is -2.42. The summed E-state index contributed by atoms with van der Waals surface area (Å²) < 4.78 is 5.47. The van der Waals surface area contributed by atoms with Crippen LogP contribution in [0, 0.1) is 5.41 Å². The average Bonchev–Trinajstić information content (AvgIpc) is 3.12. The lowest BCUT2D eigenvalue weighted by atomic mass is 9.92. The van der Waals surface area contributed by atoms with E-state index in [4.69, 9.17) is 4.42 Å². The van der Waals surface area contributed by atoms with Gasteiger partial charge in [0.1, 0.15) is 5.76 Å². The summed E-state index contributed by atoms with van der Waals surface area (Å²) in [6, 6.07) is 9.31. The van der Waals surface area contributed by atoms with E-state index in [1.54, 1.807) is 11.2 Å². The molecular formula is C24H36N4O3. The first-order valence-electron chi connectivity index (χ1n) is 10.6. The number of carbonyl (C=O) groups is 2. The van der Waals surface area contributed by atoms with Crippen molar-refractivity contribution >= 4 is 23.3 Å². The zero-order valence-electron chi connectivity index (χ0n) is 19.8. The van der Waals surface area contributed by atoms with E-state index in [-0.39, 0.29) is 23.4 Å². The number of hydrogen-bond donors (Lipinski definition) is 2. The number of furan rings is 1. The van der Waals surface area contributed by atoms with E-state index in [1.165, 1.54) is 0 Å². The summed E-state index contributed by atoms with van der Waals surface area (Å²) in [5, 5.41) is 5.95. The average molecular weight is 429 g/mol. The third-order valence-corrected chi connectivity index (χ3v) is 4.52. The maximum Gasteiger partial charge on any atom is 0.318 e. The van der Waals surface area contributed by atoms with Gasteiger partial charge in [-0.3, -0.25) is 4.79 Å². The van der Waals surface area contributed by atoms with Gasteiger partial charge in [-0.2, -0.15) is 0 Å². The molecule has 1 aromatic carbocycles. The van der Waals surface area contributed by atoms with E-state index < -0.39 is 0 Å². The van der Waals surface area contributed by atoms with Gasteiger partial charge in [0.15, 0.2) is 0 Å². The molecule has 0 saturated carbocycles. The van der Waals surface area contributed by atoms with Crippen LogP contribution in [0.4, 0.5) is 16.2 Å². The molecule has 2 aromatic rings. The van der Waals surface area contributed by atoms with E-state index in [2.05, 4.69) is 10.6 Å². The number of amides is 3. The van der Waals surface area contributed by atoms with Crippen LogP contribution in [0.1, 0.15) is 52.4 Å². The zero-order chi connectivity index (χ0) is 23.2. The summed E-state index contributed by atoms with van der Waals surface area (Å²) >= 11 is 0. The van der Waals surface area contributed by atoms with Gasteiger partial charge >= 0.3 is 6.03 Å². The highest BCUT2D eigenvalue weighted by Gasteiger charge is 2.20. The molecule has 0 saturated heterocycles. The van der Waals surface area contributed by atoms with Gasteiger partial charge in [0.25, 0.3) is 0 Å². The zero-order valence-corrected chi connectivity index (χ0v) is 19.8. The molecule has 2 rings (SSSR count). The largest absolute Gasteiger partial charge is 0.467 e. The van der Waals surface area contributed by atoms with Crippen LogP contribution in [0.15, 0.2) is 41.0 Å². The lowest BCUT2D eigenvalue weighted by Gasteiger charge is -2.27. The SMILES string of the molecule is CC(C)NC(=O)N(Cc1ccco1)Cc1cc(NC(=O)CC(C)(C)C)ccc1N(C)C. The van der Waals surface area contributed by atoms with Crippen LogP contribution in [0.3, 0.4) is 0 Å². The summed E-state index contributed by atoms with van der Waals surface area (Å²) in [5.74, 6) is 0.681. The van der Waals surface area contributed by atoms with E-state index in [1.807, 2.05) is 83.9 Å². The molecule has 31 heavy (non-hydrogen) atoms. The fourth-order valence-corrected chi connectivity index (χ4v) is 3.25. The Morgan fingerprint density at radius 3 is 2.35 bits per heavy atom. The van der Waals surface area contributed by atoms with Crippen molar-refractivity contribution in [3.8, 4) is 0 Å². The number of carbonyl (C=O) groups excluding carboxylic acids is 2. The van der Waals surface area contributed by atoms with Gasteiger partial charge in [-0.15, -0.1) is 0 Å². The summed E-state index contributed by atoms with van der Waals surface area (Å²) in [7, 11) is 3.92. The molecule has 1 heterocycles. The summed E-state index contributed by atoms with van der Waals surface area (Å²) in [6.07, 6.45) is 2.03. The normalized spacial score (nSPS) is 11.4. The number of urea groups is 1. The lowest BCUT2D eigenvalue weighted by molar-refractivity contribution is -0.117. The topological polar surface area (TPSA) is 77.8 Å². The Bertz CT molecular complexity index is 867. The van der Waals surface area contributed by atoms with Crippen LogP contribution in [0.25, 0.3) is 0 Å². The quantitative estimate of drug-likeness (QED) is 0.631. The minimum absolute atomic E-state index is 0.0166. The highest BCUT2D eigenvalue weighted by molar-refractivity contribution is 5.91. The van der Waals surface area contributed by atoms with E-state index >= 15 is 0 Å². The standard InChI is InChI=1S/C24H36N4O3/c1-17(2)25-23(30)28(16-20-9-8-12-31-20)15-18-13-19(10-11-21(18)27(6)7)26-22(29)14-24(3,4)5/h8-13,17H,14-16H2,1-7H3,(H,25,30)(H,26,29). The van der Waals surface area contributed by atoms with E-state index in [0.717, 1.165) is 16.9 Å². The number of nitrogens with one attached hydrogen (secondary N) is 2. The fraction of sp³-hybridized carbons (Fsp3) is 0.500. The number of benzene rings is 1. The Morgan fingerprint density at radius 1 is 1.10 bits per heavy atom. The Kier molecular flexibility index (Phi) is 8.14. The number of nitrogens with zero attached hydrogens (tertiary/aromatic N) is 2. The van der Waals surface area contributed by atoms with Crippen molar-refractivity contribution < 1.29 is 14.0 Å². The molecule has 0 aliphatic rings. The first-order valence-corrected chi connectivity index (χ1v) is 10.6. The molecule has 0 bridgehead atoms. The van der Waals surface area contributed by atoms with Crippen molar-refractivity contribution in [3.63, 3.8) is 0 Å². The fourth-order valence-electron chi connectivity index (χ4n) is 3.25. The highest BCUT2D eigenvalue weighted by Crippen LogP contribution is 2.26. The van der Waals surface area contributed by atoms with Crippen molar-refractivity contribution in [2.24, 2.45) is 5.41 Å². The molecule has 2 N–H and O–H groups in total. The summed E-state index contributed by atoms with van der Waals surface area (Å²) in [6.45, 7) is 10.7. The molecule has 170 valence electrons. The smallest absolute Gasteiger partial charge is 0.318 e. The van der Waals surface area contributed by atoms with Crippen LogP contribution in [0.5, 0.6) is 0 Å². The van der Waals surface area contributed by atoms with E-state index in [0.29, 0.717) is 25.3 Å². The molecule has 0 radical (unpaired) electrons. The van der Waals surface area contributed by atoms with Crippen molar-refractivity contribution in [2.75, 3.05) is 24.3 Å². The minimum atomic E-state index is -0.168. The molecule has 7 heteroatoms. The maximum atomic E-state index is 12.9. The molecule has 0 fully saturated rings. The maximum absolute atomic E-state index is 12.9. The molecule has 0 aliphatic carbocycles. The molecule has 3 amide bonds. The Labute approximate surface area is 185 Å². The van der Waals surface area contributed by atoms with Crippen LogP contribution in [-0.2, 0) is 17.9 Å². The van der Waals surface area contributed by atoms with Gasteiger partial charge in [-0.1, -0.05) is 20.8 Å². The van der Waals surface area contributed by atoms with E-state index in [9.17, 15) is 9.59 Å². The molecule has 7 nitrogen and oxygen atoms in total. The number of hydrogen-bond acceptors (Lipinski definition) is 4. The first-order chi connectivity index (χ1) is 14.4. The van der Waals surface area contributed by atoms with Gasteiger partial charge in [0.2, 0.25) is 5.91 Å². The predicted molar refractivity (Wildman–Crippen MR) is 125 cm³/mol. The second-order valence-electron chi connectivity index (χ2n) is 9.56. The Morgan fingerprint density at radius 2 is 1.81 bits per heavy atom. The molecule has 1 aromatic heterocycles. The van der Waals surface area contributed by atoms with Gasteiger partial charge in [-0.25, -0.2) is 4.79 Å². The third kappa shape index (κ3) is 8.00. The first kappa shape index (κ1) is 24.3. The van der Waals surface area contributed by atoms with Gasteiger partial charge in [-0.05, 0) is 55.2 Å². The second kappa shape index (κ2) is 10.4. The Balaban J connectivity index is 2.30. The molecule has 0 spiro atoms. The van der Waals surface area contributed by atoms with Gasteiger partial charge < -0.3 is 24.9 Å². The minimum Gasteiger partial charge on any atom is -0.467 e. The Hall–Kier alpha value is -2.96. The predicted octanol–water partition coefficient (Wildman–Crippen LogP) is 4.84. The summed E-state index contributed by atoms with van der Waals surface area (Å²) in [5.41, 5.74) is 2.54. The molecule has 0 unspecified atom stereocenters. The van der Waals surface area contributed by atoms with Crippen LogP contribution >= 0.6 is 0 Å². The van der Waals surface area contributed by atoms with Crippen LogP contribution in [-0.4, -0.2) is 37.0 Å². The molecule has 0 aliphatic heterocycles.